The van der Waals surface area contributed by atoms with E-state index in [0.29, 0.717) is 0 Å². The molecule has 0 atom stereocenters. The summed E-state index contributed by atoms with van der Waals surface area (Å²) in [4.78, 5) is 68.3. The normalized spacial score (nSPS) is 11.3. The van der Waals surface area contributed by atoms with E-state index in [2.05, 4.69) is 15.0 Å². The molecule has 1 aromatic carbocycles. The monoisotopic (exact) mass is 412 g/mol. The summed E-state index contributed by atoms with van der Waals surface area (Å²) in [5.41, 5.74) is -4.29. The number of hydrogen-bond donors (Lipinski definition) is 3. The number of aromatic hydroxyl groups is 1. The molecule has 0 saturated heterocycles. The van der Waals surface area contributed by atoms with Gasteiger partial charge >= 0.3 is 17.1 Å². The predicted octanol–water partition coefficient (Wildman–Crippen LogP) is -0.557. The number of nitrogens with zero attached hydrogens (tertiary/aromatic N) is 4. The van der Waals surface area contributed by atoms with Gasteiger partial charge in [-0.1, -0.05) is 6.07 Å². The minimum atomic E-state index is -0.874. The molecule has 0 unspecified atom stereocenters. The molecular weight excluding hydrogens is 400 g/mol. The van der Waals surface area contributed by atoms with E-state index in [0.717, 1.165) is 21.3 Å². The Hall–Kier alpha value is -4.55. The summed E-state index contributed by atoms with van der Waals surface area (Å²) in [5, 5.41) is 20.7. The zero-order valence-corrected chi connectivity index (χ0v) is 15.4. The highest BCUT2D eigenvalue weighted by Crippen LogP contribution is 2.35. The van der Waals surface area contributed by atoms with Crippen molar-refractivity contribution in [2.24, 2.45) is 14.1 Å². The Balaban J connectivity index is 2.39. The van der Waals surface area contributed by atoms with Crippen LogP contribution in [0.3, 0.4) is 0 Å². The topological polar surface area (TPSA) is 186 Å². The zero-order valence-electron chi connectivity index (χ0n) is 15.4. The van der Waals surface area contributed by atoms with Crippen LogP contribution in [-0.4, -0.2) is 34.1 Å². The number of phenols is 1. The number of nitro benzene ring substituents is 1. The van der Waals surface area contributed by atoms with Crippen molar-refractivity contribution in [1.29, 1.82) is 0 Å². The summed E-state index contributed by atoms with van der Waals surface area (Å²) in [6, 6.07) is 3.29. The van der Waals surface area contributed by atoms with Gasteiger partial charge in [0.2, 0.25) is 0 Å². The third kappa shape index (κ3) is 2.52. The van der Waals surface area contributed by atoms with Crippen LogP contribution in [0.5, 0.6) is 5.75 Å². The summed E-state index contributed by atoms with van der Waals surface area (Å²) in [5.74, 6) is -0.617. The molecule has 152 valence electrons. The van der Waals surface area contributed by atoms with Gasteiger partial charge in [0, 0.05) is 25.7 Å². The van der Waals surface area contributed by atoms with E-state index in [1.54, 1.807) is 0 Å². The first kappa shape index (κ1) is 18.8. The van der Waals surface area contributed by atoms with Crippen molar-refractivity contribution in [2.75, 3.05) is 0 Å². The number of nitrogens with one attached hydrogen (secondary N) is 2. The second-order valence-corrected chi connectivity index (χ2v) is 6.48. The quantitative estimate of drug-likeness (QED) is 0.222. The molecule has 4 rings (SSSR count). The fraction of sp³-hybridized carbons (Fsp3) is 0.118. The molecule has 0 aliphatic heterocycles. The van der Waals surface area contributed by atoms with E-state index >= 15 is 0 Å². The van der Waals surface area contributed by atoms with Gasteiger partial charge in [-0.2, -0.15) is 0 Å². The summed E-state index contributed by atoms with van der Waals surface area (Å²) in [6.45, 7) is 0. The number of rotatable bonds is 2. The number of benzene rings is 1. The number of pyridine rings is 1. The van der Waals surface area contributed by atoms with Gasteiger partial charge in [0.05, 0.1) is 15.7 Å². The lowest BCUT2D eigenvalue weighted by molar-refractivity contribution is -0.385. The van der Waals surface area contributed by atoms with Crippen LogP contribution in [0, 0.1) is 10.1 Å². The highest BCUT2D eigenvalue weighted by molar-refractivity contribution is 6.07. The van der Waals surface area contributed by atoms with E-state index in [1.165, 1.54) is 20.2 Å². The van der Waals surface area contributed by atoms with Gasteiger partial charge in [-0.25, -0.2) is 14.6 Å². The van der Waals surface area contributed by atoms with Gasteiger partial charge in [0.15, 0.2) is 17.0 Å². The molecule has 0 radical (unpaired) electrons. The molecule has 0 amide bonds. The van der Waals surface area contributed by atoms with Crippen molar-refractivity contribution < 1.29 is 10.0 Å². The lowest BCUT2D eigenvalue weighted by Gasteiger charge is -2.13. The average molecular weight is 412 g/mol. The van der Waals surface area contributed by atoms with Gasteiger partial charge in [0.1, 0.15) is 0 Å². The molecular formula is C17H12N6O7. The van der Waals surface area contributed by atoms with Crippen LogP contribution in [0.1, 0.15) is 0 Å². The third-order valence-corrected chi connectivity index (χ3v) is 4.76. The maximum absolute atomic E-state index is 12.7. The van der Waals surface area contributed by atoms with E-state index < -0.39 is 38.9 Å². The minimum Gasteiger partial charge on any atom is -0.502 e. The van der Waals surface area contributed by atoms with Crippen LogP contribution >= 0.6 is 0 Å². The van der Waals surface area contributed by atoms with Crippen LogP contribution in [-0.2, 0) is 14.1 Å². The Labute approximate surface area is 163 Å². The smallest absolute Gasteiger partial charge is 0.329 e. The third-order valence-electron chi connectivity index (χ3n) is 4.76. The van der Waals surface area contributed by atoms with Gasteiger partial charge in [-0.3, -0.25) is 38.8 Å². The van der Waals surface area contributed by atoms with Gasteiger partial charge < -0.3 is 5.11 Å². The molecule has 3 N–H and O–H groups in total. The average Bonchev–Trinajstić information content (AvgIpc) is 2.69. The van der Waals surface area contributed by atoms with Crippen molar-refractivity contribution in [3.63, 3.8) is 0 Å². The number of nitro groups is 1. The number of phenolic OH excluding ortho intramolecular Hbond substituents is 1. The number of aromatic amines is 2. The molecule has 0 aliphatic rings. The SMILES string of the molecule is Cn1c(=O)[nH]c(=O)c2c(-c3ccc(O)c([N+](=O)[O-])c3)c3c(=O)[nH]c(=O)n(C)c3nc21. The Bertz CT molecular complexity index is 1550. The van der Waals surface area contributed by atoms with Crippen LogP contribution in [0.2, 0.25) is 0 Å². The number of fused-ring (bicyclic) bond motifs is 2. The molecule has 0 fully saturated rings. The number of aromatic nitrogens is 5. The maximum Gasteiger partial charge on any atom is 0.329 e. The summed E-state index contributed by atoms with van der Waals surface area (Å²) >= 11 is 0. The zero-order chi connectivity index (χ0) is 21.9. The van der Waals surface area contributed by atoms with Crippen molar-refractivity contribution in [3.05, 3.63) is 70.0 Å². The molecule has 0 saturated carbocycles. The Morgan fingerprint density at radius 2 is 1.47 bits per heavy atom. The molecule has 13 nitrogen and oxygen atoms in total. The van der Waals surface area contributed by atoms with E-state index in [1.807, 2.05) is 0 Å². The van der Waals surface area contributed by atoms with Gasteiger partial charge in [0.25, 0.3) is 11.1 Å². The highest BCUT2D eigenvalue weighted by atomic mass is 16.6. The van der Waals surface area contributed by atoms with Crippen molar-refractivity contribution >= 4 is 27.8 Å². The summed E-state index contributed by atoms with van der Waals surface area (Å²) in [7, 11) is 2.65. The largest absolute Gasteiger partial charge is 0.502 e. The molecule has 0 bridgehead atoms. The van der Waals surface area contributed by atoms with E-state index in [-0.39, 0.29) is 33.2 Å². The summed E-state index contributed by atoms with van der Waals surface area (Å²) in [6.07, 6.45) is 0. The Morgan fingerprint density at radius 1 is 0.967 bits per heavy atom. The first-order valence-electron chi connectivity index (χ1n) is 8.35. The first-order chi connectivity index (χ1) is 14.1. The second kappa shape index (κ2) is 6.23. The fourth-order valence-corrected chi connectivity index (χ4v) is 3.27. The van der Waals surface area contributed by atoms with Gasteiger partial charge in [-0.15, -0.1) is 0 Å². The number of H-pyrrole nitrogens is 2. The first-order valence-corrected chi connectivity index (χ1v) is 8.35. The molecule has 3 heterocycles. The van der Waals surface area contributed by atoms with Crippen molar-refractivity contribution in [1.82, 2.24) is 24.1 Å². The Morgan fingerprint density at radius 3 is 1.93 bits per heavy atom. The number of hydrogen-bond acceptors (Lipinski definition) is 8. The molecule has 13 heteroatoms. The molecule has 0 aliphatic carbocycles. The lowest BCUT2D eigenvalue weighted by atomic mass is 9.99. The van der Waals surface area contributed by atoms with Crippen LogP contribution in [0.15, 0.2) is 37.4 Å². The van der Waals surface area contributed by atoms with Gasteiger partial charge in [-0.05, 0) is 11.6 Å². The van der Waals surface area contributed by atoms with E-state index in [9.17, 15) is 34.4 Å². The molecule has 3 aromatic heterocycles. The fourth-order valence-electron chi connectivity index (χ4n) is 3.27. The Kier molecular flexibility index (Phi) is 3.90. The number of aryl methyl sites for hydroxylation is 2. The lowest BCUT2D eigenvalue weighted by Crippen LogP contribution is -2.32. The van der Waals surface area contributed by atoms with E-state index in [4.69, 9.17) is 0 Å². The highest BCUT2D eigenvalue weighted by Gasteiger charge is 2.23. The van der Waals surface area contributed by atoms with Crippen LogP contribution in [0.4, 0.5) is 5.69 Å². The van der Waals surface area contributed by atoms with Crippen LogP contribution in [0.25, 0.3) is 33.2 Å². The standard InChI is InChI=1S/C17H12N6O7/c1-21-12-10(14(25)19-16(21)27)9(6-3-4-8(24)7(5-6)23(29)30)11-13(18-12)22(2)17(28)20-15(11)26/h3-5,24H,1-2H3,(H,19,25,27)(H,20,26,28). The summed E-state index contributed by atoms with van der Waals surface area (Å²) < 4.78 is 2.03. The van der Waals surface area contributed by atoms with Crippen molar-refractivity contribution in [3.8, 4) is 16.9 Å². The van der Waals surface area contributed by atoms with Crippen LogP contribution < -0.4 is 22.5 Å². The molecule has 4 aromatic rings. The molecule has 0 spiro atoms. The minimum absolute atomic E-state index is 0.0326. The van der Waals surface area contributed by atoms with Crippen molar-refractivity contribution in [2.45, 2.75) is 0 Å². The molecule has 30 heavy (non-hydrogen) atoms. The predicted molar refractivity (Wildman–Crippen MR) is 105 cm³/mol. The maximum atomic E-state index is 12.7. The second-order valence-electron chi connectivity index (χ2n) is 6.48.